The quantitative estimate of drug-likeness (QED) is 0.118. The van der Waals surface area contributed by atoms with E-state index < -0.39 is 28.1 Å². The average molecular weight is 691 g/mol. The van der Waals surface area contributed by atoms with Crippen molar-refractivity contribution in [3.63, 3.8) is 0 Å². The van der Waals surface area contributed by atoms with Gasteiger partial charge < -0.3 is 9.47 Å². The van der Waals surface area contributed by atoms with Crippen molar-refractivity contribution in [2.45, 2.75) is 78.7 Å². The van der Waals surface area contributed by atoms with Crippen LogP contribution in [0.5, 0.6) is 0 Å². The zero-order valence-electron chi connectivity index (χ0n) is 29.2. The number of anilines is 1. The highest BCUT2D eigenvalue weighted by molar-refractivity contribution is 7.90. The van der Waals surface area contributed by atoms with Gasteiger partial charge in [-0.25, -0.2) is 32.7 Å². The molecule has 262 valence electrons. The molecule has 1 aromatic heterocycles. The van der Waals surface area contributed by atoms with Crippen LogP contribution in [-0.4, -0.2) is 56.0 Å². The summed E-state index contributed by atoms with van der Waals surface area (Å²) < 4.78 is 37.2. The second kappa shape index (κ2) is 17.6. The van der Waals surface area contributed by atoms with Gasteiger partial charge in [-0.05, 0) is 94.7 Å². The smallest absolute Gasteiger partial charge is 0.339 e. The molecular formula is C37H46N4O7S. The number of urea groups is 1. The highest BCUT2D eigenvalue weighted by atomic mass is 32.2. The van der Waals surface area contributed by atoms with E-state index in [-0.39, 0.29) is 35.0 Å². The fourth-order valence-electron chi connectivity index (χ4n) is 5.25. The van der Waals surface area contributed by atoms with Gasteiger partial charge in [-0.1, -0.05) is 67.5 Å². The van der Waals surface area contributed by atoms with Crippen molar-refractivity contribution in [2.24, 2.45) is 5.41 Å². The first kappa shape index (κ1) is 38.8. The number of aryl methyl sites for hydroxylation is 2. The summed E-state index contributed by atoms with van der Waals surface area (Å²) in [6, 6.07) is 6.09. The third-order valence-corrected chi connectivity index (χ3v) is 9.21. The van der Waals surface area contributed by atoms with Crippen molar-refractivity contribution in [3.8, 4) is 0 Å². The number of carbonyl (C=O) groups excluding carboxylic acids is 3. The summed E-state index contributed by atoms with van der Waals surface area (Å²) in [6.07, 6.45) is 16.2. The van der Waals surface area contributed by atoms with E-state index in [0.717, 1.165) is 11.9 Å². The Hall–Kier alpha value is -4.68. The molecule has 1 saturated heterocycles. The molecule has 1 aromatic carbocycles. The third-order valence-electron chi connectivity index (χ3n) is 7.82. The summed E-state index contributed by atoms with van der Waals surface area (Å²) in [7, 11) is -4.35. The molecule has 0 unspecified atom stereocenters. The Bertz CT molecular complexity index is 1780. The van der Waals surface area contributed by atoms with Gasteiger partial charge in [0.15, 0.2) is 0 Å². The summed E-state index contributed by atoms with van der Waals surface area (Å²) >= 11 is 0. The largest absolute Gasteiger partial charge is 0.454 e. The maximum atomic E-state index is 12.6. The number of benzene rings is 1. The molecule has 0 atom stereocenters. The van der Waals surface area contributed by atoms with Gasteiger partial charge in [0.25, 0.3) is 10.0 Å². The molecule has 4 rings (SSSR count). The third kappa shape index (κ3) is 12.1. The minimum atomic E-state index is -4.35. The average Bonchev–Trinajstić information content (AvgIpc) is 2.98. The van der Waals surface area contributed by atoms with Gasteiger partial charge in [-0.2, -0.15) is 0 Å². The van der Waals surface area contributed by atoms with Crippen molar-refractivity contribution in [1.29, 1.82) is 0 Å². The Labute approximate surface area is 289 Å². The first-order valence-electron chi connectivity index (χ1n) is 16.0. The lowest BCUT2D eigenvalue weighted by Crippen LogP contribution is -2.39. The van der Waals surface area contributed by atoms with Crippen LogP contribution in [0, 0.1) is 19.3 Å². The molecule has 2 aromatic rings. The molecule has 0 spiro atoms. The lowest BCUT2D eigenvalue weighted by Gasteiger charge is -2.32. The highest BCUT2D eigenvalue weighted by Gasteiger charge is 2.29. The highest BCUT2D eigenvalue weighted by Crippen LogP contribution is 2.40. The van der Waals surface area contributed by atoms with Crippen molar-refractivity contribution in [2.75, 3.05) is 18.5 Å². The van der Waals surface area contributed by atoms with Crippen LogP contribution in [0.4, 0.5) is 10.7 Å². The number of aromatic nitrogens is 2. The van der Waals surface area contributed by atoms with E-state index in [1.807, 2.05) is 23.8 Å². The number of amides is 2. The molecule has 11 nitrogen and oxygen atoms in total. The van der Waals surface area contributed by atoms with Gasteiger partial charge >= 0.3 is 12.0 Å². The molecule has 0 radical (unpaired) electrons. The molecule has 12 heteroatoms. The minimum Gasteiger partial charge on any atom is -0.454 e. The molecule has 0 bridgehead atoms. The minimum absolute atomic E-state index is 0.0390. The number of allylic oxidation sites excluding steroid dienone is 10. The first-order chi connectivity index (χ1) is 23.1. The molecule has 2 heterocycles. The zero-order valence-corrected chi connectivity index (χ0v) is 30.0. The molecular weight excluding hydrogens is 644 g/mol. The number of esters is 1. The molecule has 1 aliphatic heterocycles. The molecule has 2 N–H and O–H groups in total. The van der Waals surface area contributed by atoms with Crippen LogP contribution in [0.3, 0.4) is 0 Å². The van der Waals surface area contributed by atoms with Crippen LogP contribution in [-0.2, 0) is 24.3 Å². The topological polar surface area (TPSA) is 154 Å². The normalized spacial score (nSPS) is 16.9. The number of nitrogens with one attached hydrogen (secondary N) is 2. The second-order valence-electron chi connectivity index (χ2n) is 12.7. The molecule has 1 aliphatic carbocycles. The van der Waals surface area contributed by atoms with Gasteiger partial charge in [0.1, 0.15) is 17.3 Å². The number of rotatable bonds is 10. The summed E-state index contributed by atoms with van der Waals surface area (Å²) in [6.45, 7) is 14.9. The van der Waals surface area contributed by atoms with Crippen molar-refractivity contribution in [3.05, 3.63) is 106 Å². The van der Waals surface area contributed by atoms with Gasteiger partial charge in [0, 0.05) is 11.4 Å². The summed E-state index contributed by atoms with van der Waals surface area (Å²) in [5.74, 6) is -0.852. The standard InChI is InChI=1S/C20H28O.C17H18N4O6S/c1-16(8-6-9-17(2)13-15-21)11-12-19-18(3)10-7-14-20(19,4)5;1-10-7-11(2)19-16(18-10)20-17(23)21-28(24,25)14-6-4-3-5-13(14)15(22)27-12-8-26-9-12/h6,8-9,11-13,15H,7,10,14H2,1-5H3;3-7,12H,8-9H2,1-2H3,(H2,18,19,20,21,23)/b9-6+,12-11+,16-8+,17-13+;. The summed E-state index contributed by atoms with van der Waals surface area (Å²) in [5.41, 5.74) is 6.52. The Morgan fingerprint density at radius 3 is 2.27 bits per heavy atom. The Balaban J connectivity index is 0.000000278. The van der Waals surface area contributed by atoms with Crippen LogP contribution in [0.2, 0.25) is 0 Å². The molecule has 2 amide bonds. The van der Waals surface area contributed by atoms with Crippen molar-refractivity contribution < 1.29 is 32.3 Å². The predicted octanol–water partition coefficient (Wildman–Crippen LogP) is 6.88. The van der Waals surface area contributed by atoms with Crippen LogP contribution >= 0.6 is 0 Å². The number of sulfonamides is 1. The summed E-state index contributed by atoms with van der Waals surface area (Å²) in [5, 5.41) is 2.26. The number of nitrogens with zero attached hydrogens (tertiary/aromatic N) is 2. The van der Waals surface area contributed by atoms with Crippen LogP contribution in [0.25, 0.3) is 0 Å². The van der Waals surface area contributed by atoms with Crippen molar-refractivity contribution >= 4 is 34.3 Å². The lowest BCUT2D eigenvalue weighted by atomic mass is 9.72. The predicted molar refractivity (Wildman–Crippen MR) is 190 cm³/mol. The molecule has 0 saturated carbocycles. The monoisotopic (exact) mass is 690 g/mol. The second-order valence-corrected chi connectivity index (χ2v) is 14.3. The number of hydrogen-bond acceptors (Lipinski definition) is 9. The molecule has 2 aliphatic rings. The first-order valence-corrected chi connectivity index (χ1v) is 17.5. The Morgan fingerprint density at radius 2 is 1.65 bits per heavy atom. The maximum Gasteiger partial charge on any atom is 0.339 e. The van der Waals surface area contributed by atoms with Gasteiger partial charge in [0.2, 0.25) is 5.95 Å². The maximum absolute atomic E-state index is 12.6. The fourth-order valence-corrected chi connectivity index (χ4v) is 6.35. The number of aldehydes is 1. The van der Waals surface area contributed by atoms with Crippen LogP contribution < -0.4 is 10.0 Å². The number of carbonyl (C=O) groups is 3. The Morgan fingerprint density at radius 1 is 1.00 bits per heavy atom. The van der Waals surface area contributed by atoms with Crippen LogP contribution in [0.15, 0.2) is 94.0 Å². The SMILES string of the molecule is CC1=C(/C=C/C(C)=C/C=C/C(C)=C/C=O)C(C)(C)CCC1.Cc1cc(C)nc(NC(=O)NS(=O)(=O)c2ccccc2C(=O)OC2COC2)n1. The van der Waals surface area contributed by atoms with Gasteiger partial charge in [-0.15, -0.1) is 0 Å². The van der Waals surface area contributed by atoms with E-state index in [2.05, 4.69) is 61.2 Å². The van der Waals surface area contributed by atoms with Gasteiger partial charge in [0.05, 0.1) is 18.8 Å². The molecule has 49 heavy (non-hydrogen) atoms. The lowest BCUT2D eigenvalue weighted by molar-refractivity contribution is -0.104. The fraction of sp³-hybridized carbons (Fsp3) is 0.378. The van der Waals surface area contributed by atoms with E-state index in [9.17, 15) is 22.8 Å². The van der Waals surface area contributed by atoms with E-state index in [1.54, 1.807) is 26.0 Å². The van der Waals surface area contributed by atoms with E-state index in [0.29, 0.717) is 11.4 Å². The van der Waals surface area contributed by atoms with Crippen molar-refractivity contribution in [1.82, 2.24) is 14.7 Å². The van der Waals surface area contributed by atoms with E-state index in [1.165, 1.54) is 60.2 Å². The molecule has 1 fully saturated rings. The number of ether oxygens (including phenoxy) is 2. The Kier molecular flexibility index (Phi) is 14.0. The van der Waals surface area contributed by atoms with E-state index >= 15 is 0 Å². The number of hydrogen-bond donors (Lipinski definition) is 2. The van der Waals surface area contributed by atoms with E-state index in [4.69, 9.17) is 9.47 Å². The van der Waals surface area contributed by atoms with Gasteiger partial charge in [-0.3, -0.25) is 10.1 Å². The van der Waals surface area contributed by atoms with Crippen LogP contribution in [0.1, 0.15) is 75.6 Å². The summed E-state index contributed by atoms with van der Waals surface area (Å²) in [4.78, 5) is 42.4. The zero-order chi connectivity index (χ0) is 36.2.